The van der Waals surface area contributed by atoms with Crippen molar-refractivity contribution >= 4 is 46.5 Å². The van der Waals surface area contributed by atoms with Gasteiger partial charge in [-0.05, 0) is 42.0 Å². The largest absolute Gasteiger partial charge is 0.573 e. The summed E-state index contributed by atoms with van der Waals surface area (Å²) in [6, 6.07) is 14.8. The molecule has 3 rings (SSSR count). The average Bonchev–Trinajstić information content (AvgIpc) is 2.60. The van der Waals surface area contributed by atoms with Crippen molar-refractivity contribution in [1.82, 2.24) is 4.98 Å². The molecule has 1 aromatic heterocycles. The third kappa shape index (κ3) is 5.98. The molecule has 2 aromatic carbocycles. The van der Waals surface area contributed by atoms with Crippen LogP contribution in [0.1, 0.15) is 5.56 Å². The third-order valence-electron chi connectivity index (χ3n) is 3.52. The lowest BCUT2D eigenvalue weighted by atomic mass is 10.1. The molecule has 27 heavy (non-hydrogen) atoms. The monoisotopic (exact) mass is 488 g/mol. The summed E-state index contributed by atoms with van der Waals surface area (Å²) in [5.74, 6) is -0.155. The molecule has 0 atom stereocenters. The summed E-state index contributed by atoms with van der Waals surface area (Å²) in [4.78, 5) is 8.55. The van der Waals surface area contributed by atoms with E-state index < -0.39 is 6.36 Å². The van der Waals surface area contributed by atoms with Crippen molar-refractivity contribution in [2.45, 2.75) is 12.9 Å². The van der Waals surface area contributed by atoms with Gasteiger partial charge in [0.15, 0.2) is 5.96 Å². The topological polar surface area (TPSA) is 72.5 Å². The molecule has 0 aliphatic heterocycles. The average molecular weight is 488 g/mol. The highest BCUT2D eigenvalue weighted by Gasteiger charge is 2.30. The SMILES string of the molecule is I.NC(=NCc1ccnc2ccccc12)Nc1ccc(OC(F)(F)F)cc1. The number of aromatic nitrogens is 1. The van der Waals surface area contributed by atoms with Gasteiger partial charge in [0.2, 0.25) is 0 Å². The van der Waals surface area contributed by atoms with Gasteiger partial charge in [-0.25, -0.2) is 4.99 Å². The van der Waals surface area contributed by atoms with Crippen LogP contribution in [0, 0.1) is 0 Å². The fourth-order valence-electron chi connectivity index (χ4n) is 2.39. The van der Waals surface area contributed by atoms with E-state index in [0.29, 0.717) is 12.2 Å². The van der Waals surface area contributed by atoms with Gasteiger partial charge >= 0.3 is 6.36 Å². The fraction of sp³-hybridized carbons (Fsp3) is 0.111. The number of fused-ring (bicyclic) bond motifs is 1. The van der Waals surface area contributed by atoms with Crippen molar-refractivity contribution in [2.75, 3.05) is 5.32 Å². The maximum absolute atomic E-state index is 12.1. The minimum Gasteiger partial charge on any atom is -0.406 e. The number of rotatable bonds is 4. The smallest absolute Gasteiger partial charge is 0.406 e. The summed E-state index contributed by atoms with van der Waals surface area (Å²) >= 11 is 0. The first kappa shape index (κ1) is 20.7. The number of para-hydroxylation sites is 1. The molecule has 0 spiro atoms. The Balaban J connectivity index is 0.00000261. The lowest BCUT2D eigenvalue weighted by Crippen LogP contribution is -2.22. The summed E-state index contributed by atoms with van der Waals surface area (Å²) in [6.07, 6.45) is -3.01. The van der Waals surface area contributed by atoms with Crippen LogP contribution < -0.4 is 15.8 Å². The molecule has 0 unspecified atom stereocenters. The number of benzene rings is 2. The Morgan fingerprint density at radius 1 is 1.07 bits per heavy atom. The van der Waals surface area contributed by atoms with Crippen LogP contribution in [-0.4, -0.2) is 17.3 Å². The summed E-state index contributed by atoms with van der Waals surface area (Å²) < 4.78 is 40.2. The number of guanidine groups is 1. The summed E-state index contributed by atoms with van der Waals surface area (Å²) in [5, 5.41) is 3.81. The van der Waals surface area contributed by atoms with E-state index in [0.717, 1.165) is 16.5 Å². The summed E-state index contributed by atoms with van der Waals surface area (Å²) in [7, 11) is 0. The molecule has 142 valence electrons. The lowest BCUT2D eigenvalue weighted by molar-refractivity contribution is -0.274. The van der Waals surface area contributed by atoms with Gasteiger partial charge in [0, 0.05) is 17.3 Å². The van der Waals surface area contributed by atoms with E-state index in [1.807, 2.05) is 30.3 Å². The molecule has 3 aromatic rings. The lowest BCUT2D eigenvalue weighted by Gasteiger charge is -2.10. The molecule has 0 radical (unpaired) electrons. The highest BCUT2D eigenvalue weighted by molar-refractivity contribution is 14.0. The number of hydrogen-bond donors (Lipinski definition) is 2. The molecule has 0 aliphatic carbocycles. The number of nitrogens with zero attached hydrogens (tertiary/aromatic N) is 2. The predicted molar refractivity (Wildman–Crippen MR) is 109 cm³/mol. The number of alkyl halides is 3. The molecular weight excluding hydrogens is 472 g/mol. The van der Waals surface area contributed by atoms with Crippen LogP contribution in [-0.2, 0) is 6.54 Å². The minimum absolute atomic E-state index is 0. The van der Waals surface area contributed by atoms with E-state index in [2.05, 4.69) is 20.0 Å². The molecule has 5 nitrogen and oxygen atoms in total. The number of halogens is 4. The number of pyridine rings is 1. The van der Waals surface area contributed by atoms with Crippen LogP contribution in [0.2, 0.25) is 0 Å². The van der Waals surface area contributed by atoms with Crippen LogP contribution in [0.4, 0.5) is 18.9 Å². The molecule has 0 aliphatic rings. The Hall–Kier alpha value is -2.56. The predicted octanol–water partition coefficient (Wildman–Crippen LogP) is 4.68. The van der Waals surface area contributed by atoms with Gasteiger partial charge in [-0.1, -0.05) is 18.2 Å². The van der Waals surface area contributed by atoms with Crippen molar-refractivity contribution in [3.05, 3.63) is 66.4 Å². The zero-order chi connectivity index (χ0) is 18.6. The fourth-order valence-corrected chi connectivity index (χ4v) is 2.39. The molecule has 0 saturated heterocycles. The Labute approximate surface area is 170 Å². The van der Waals surface area contributed by atoms with Gasteiger partial charge in [0.25, 0.3) is 0 Å². The van der Waals surface area contributed by atoms with E-state index in [4.69, 9.17) is 5.73 Å². The molecule has 9 heteroatoms. The second-order valence-electron chi connectivity index (χ2n) is 5.39. The Kier molecular flexibility index (Phi) is 6.83. The Morgan fingerprint density at radius 2 is 1.78 bits per heavy atom. The van der Waals surface area contributed by atoms with Crippen molar-refractivity contribution < 1.29 is 17.9 Å². The van der Waals surface area contributed by atoms with E-state index in [9.17, 15) is 13.2 Å². The highest BCUT2D eigenvalue weighted by atomic mass is 127. The zero-order valence-corrected chi connectivity index (χ0v) is 16.2. The van der Waals surface area contributed by atoms with Crippen LogP contribution >= 0.6 is 24.0 Å². The number of nitrogens with one attached hydrogen (secondary N) is 1. The van der Waals surface area contributed by atoms with E-state index >= 15 is 0 Å². The normalized spacial score (nSPS) is 11.7. The maximum atomic E-state index is 12.1. The third-order valence-corrected chi connectivity index (χ3v) is 3.52. The second-order valence-corrected chi connectivity index (χ2v) is 5.39. The first-order chi connectivity index (χ1) is 12.4. The molecular formula is C18H16F3IN4O. The van der Waals surface area contributed by atoms with Crippen molar-refractivity contribution in [3.63, 3.8) is 0 Å². The van der Waals surface area contributed by atoms with Gasteiger partial charge in [-0.3, -0.25) is 4.98 Å². The summed E-state index contributed by atoms with van der Waals surface area (Å²) in [5.41, 5.74) is 8.18. The van der Waals surface area contributed by atoms with E-state index in [-0.39, 0.29) is 35.7 Å². The van der Waals surface area contributed by atoms with Crippen LogP contribution in [0.5, 0.6) is 5.75 Å². The highest BCUT2D eigenvalue weighted by Crippen LogP contribution is 2.24. The Bertz CT molecular complexity index is 925. The first-order valence-corrected chi connectivity index (χ1v) is 7.66. The zero-order valence-electron chi connectivity index (χ0n) is 13.9. The minimum atomic E-state index is -4.72. The molecule has 0 amide bonds. The van der Waals surface area contributed by atoms with Gasteiger partial charge in [0.05, 0.1) is 12.1 Å². The quantitative estimate of drug-likeness (QED) is 0.318. The number of nitrogens with two attached hydrogens (primary N) is 1. The number of ether oxygens (including phenoxy) is 1. The van der Waals surface area contributed by atoms with Crippen LogP contribution in [0.3, 0.4) is 0 Å². The molecule has 3 N–H and O–H groups in total. The van der Waals surface area contributed by atoms with Crippen molar-refractivity contribution in [1.29, 1.82) is 0 Å². The second kappa shape index (κ2) is 8.89. The van der Waals surface area contributed by atoms with Gasteiger partial charge < -0.3 is 15.8 Å². The van der Waals surface area contributed by atoms with Gasteiger partial charge in [-0.2, -0.15) is 0 Å². The van der Waals surface area contributed by atoms with Crippen LogP contribution in [0.25, 0.3) is 10.9 Å². The van der Waals surface area contributed by atoms with Gasteiger partial charge in [0.1, 0.15) is 5.75 Å². The molecule has 0 bridgehead atoms. The molecule has 1 heterocycles. The first-order valence-electron chi connectivity index (χ1n) is 7.66. The number of hydrogen-bond acceptors (Lipinski definition) is 3. The van der Waals surface area contributed by atoms with Gasteiger partial charge in [-0.15, -0.1) is 37.1 Å². The molecule has 0 fully saturated rings. The van der Waals surface area contributed by atoms with E-state index in [1.54, 1.807) is 6.20 Å². The summed E-state index contributed by atoms with van der Waals surface area (Å²) in [6.45, 7) is 0.344. The number of aliphatic imine (C=N–C) groups is 1. The van der Waals surface area contributed by atoms with E-state index in [1.165, 1.54) is 24.3 Å². The Morgan fingerprint density at radius 3 is 2.48 bits per heavy atom. The number of anilines is 1. The van der Waals surface area contributed by atoms with Crippen molar-refractivity contribution in [2.24, 2.45) is 10.7 Å². The maximum Gasteiger partial charge on any atom is 0.573 e. The molecule has 0 saturated carbocycles. The van der Waals surface area contributed by atoms with Crippen LogP contribution in [0.15, 0.2) is 65.8 Å². The van der Waals surface area contributed by atoms with Crippen molar-refractivity contribution in [3.8, 4) is 5.75 Å². The standard InChI is InChI=1S/C18H15F3N4O.HI/c19-18(20,21)26-14-7-5-13(6-8-14)25-17(22)24-11-12-9-10-23-16-4-2-1-3-15(12)16;/h1-10H,11H2,(H3,22,24,25);1H.